The number of hydrazone groups is 1. The van der Waals surface area contributed by atoms with Gasteiger partial charge in [0.15, 0.2) is 0 Å². The molecular weight excluding hydrogens is 577 g/mol. The highest BCUT2D eigenvalue weighted by Gasteiger charge is 2.28. The predicted molar refractivity (Wildman–Crippen MR) is 146 cm³/mol. The Hall–Kier alpha value is -2.66. The zero-order valence-corrected chi connectivity index (χ0v) is 23.2. The molecule has 1 N–H and O–H groups in total. The van der Waals surface area contributed by atoms with Gasteiger partial charge in [-0.2, -0.15) is 5.10 Å². The molecule has 4 rings (SSSR count). The van der Waals surface area contributed by atoms with E-state index in [1.807, 2.05) is 32.9 Å². The summed E-state index contributed by atoms with van der Waals surface area (Å²) >= 11 is 3.83. The molecular formula is C26H28IN3O4S. The molecule has 1 aliphatic carbocycles. The van der Waals surface area contributed by atoms with Crippen LogP contribution in [0.5, 0.6) is 5.75 Å². The maximum Gasteiger partial charge on any atom is 0.341 e. The Bertz CT molecular complexity index is 1310. The highest BCUT2D eigenvalue weighted by atomic mass is 127. The first kappa shape index (κ1) is 25.4. The molecule has 0 radical (unpaired) electrons. The van der Waals surface area contributed by atoms with Crippen LogP contribution in [0, 0.1) is 17.4 Å². The van der Waals surface area contributed by atoms with Gasteiger partial charge in [-0.25, -0.2) is 10.2 Å². The molecule has 7 nitrogen and oxygen atoms in total. The van der Waals surface area contributed by atoms with Gasteiger partial charge in [0.2, 0.25) is 0 Å². The zero-order chi connectivity index (χ0) is 25.1. The standard InChI is InChI=1S/C26H28IN3O4S/c1-5-34-26(32)23-19-8-6-7-9-22(19)35-25(23)30-15(2)12-18(16(30)3)14-28-29-24(31)17-10-11-20(27)21(13-17)33-4/h10-14H,5-9H2,1-4H3,(H,29,31)/b28-14-. The van der Waals surface area contributed by atoms with Gasteiger partial charge in [0.25, 0.3) is 5.91 Å². The normalized spacial score (nSPS) is 13.1. The van der Waals surface area contributed by atoms with Gasteiger partial charge in [0, 0.05) is 27.4 Å². The molecule has 0 bridgehead atoms. The fourth-order valence-electron chi connectivity index (χ4n) is 4.38. The number of amides is 1. The van der Waals surface area contributed by atoms with Crippen molar-refractivity contribution in [3.63, 3.8) is 0 Å². The van der Waals surface area contributed by atoms with Crippen molar-refractivity contribution in [1.82, 2.24) is 9.99 Å². The van der Waals surface area contributed by atoms with Gasteiger partial charge >= 0.3 is 5.97 Å². The molecule has 1 aromatic carbocycles. The average Bonchev–Trinajstić information content (AvgIpc) is 3.35. The SMILES string of the molecule is CCOC(=O)c1c(-n2c(C)cc(/C=N\NC(=O)c3ccc(I)c(OC)c3)c2C)sc2c1CCCC2. The lowest BCUT2D eigenvalue weighted by Gasteiger charge is -2.13. The van der Waals surface area contributed by atoms with E-state index >= 15 is 0 Å². The Morgan fingerprint density at radius 1 is 1.23 bits per heavy atom. The third-order valence-corrected chi connectivity index (χ3v) is 8.26. The molecule has 9 heteroatoms. The van der Waals surface area contributed by atoms with Crippen molar-refractivity contribution < 1.29 is 19.1 Å². The Kier molecular flexibility index (Phi) is 7.95. The van der Waals surface area contributed by atoms with Crippen molar-refractivity contribution in [2.45, 2.75) is 46.5 Å². The van der Waals surface area contributed by atoms with E-state index in [1.165, 1.54) is 4.88 Å². The predicted octanol–water partition coefficient (Wildman–Crippen LogP) is 5.59. The first-order chi connectivity index (χ1) is 16.8. The van der Waals surface area contributed by atoms with Crippen LogP contribution in [-0.4, -0.2) is 36.4 Å². The number of nitrogens with zero attached hydrogens (tertiary/aromatic N) is 2. The molecule has 1 aliphatic rings. The van der Waals surface area contributed by atoms with Crippen LogP contribution < -0.4 is 10.2 Å². The van der Waals surface area contributed by atoms with Crippen molar-refractivity contribution >= 4 is 52.0 Å². The highest BCUT2D eigenvalue weighted by molar-refractivity contribution is 14.1. The summed E-state index contributed by atoms with van der Waals surface area (Å²) in [4.78, 5) is 26.8. The summed E-state index contributed by atoms with van der Waals surface area (Å²) in [5, 5.41) is 5.09. The second kappa shape index (κ2) is 10.9. The Labute approximate surface area is 222 Å². The van der Waals surface area contributed by atoms with Gasteiger partial charge in [-0.05, 0) is 98.9 Å². The second-order valence-electron chi connectivity index (χ2n) is 8.32. The summed E-state index contributed by atoms with van der Waals surface area (Å²) in [6, 6.07) is 7.25. The van der Waals surface area contributed by atoms with Crippen LogP contribution in [0.1, 0.15) is 67.9 Å². The largest absolute Gasteiger partial charge is 0.496 e. The minimum absolute atomic E-state index is 0.259. The van der Waals surface area contributed by atoms with E-state index in [1.54, 1.807) is 36.8 Å². The van der Waals surface area contributed by atoms with E-state index in [0.29, 0.717) is 23.5 Å². The molecule has 184 valence electrons. The van der Waals surface area contributed by atoms with Crippen molar-refractivity contribution in [3.8, 4) is 10.8 Å². The highest BCUT2D eigenvalue weighted by Crippen LogP contribution is 2.39. The fourth-order valence-corrected chi connectivity index (χ4v) is 6.42. The number of ether oxygens (including phenoxy) is 2. The number of aryl methyl sites for hydroxylation is 2. The lowest BCUT2D eigenvalue weighted by Crippen LogP contribution is -2.17. The number of esters is 1. The smallest absolute Gasteiger partial charge is 0.341 e. The third kappa shape index (κ3) is 5.16. The molecule has 2 aromatic heterocycles. The van der Waals surface area contributed by atoms with E-state index in [2.05, 4.69) is 37.7 Å². The molecule has 0 fully saturated rings. The Morgan fingerprint density at radius 3 is 2.74 bits per heavy atom. The molecule has 0 saturated heterocycles. The molecule has 0 aliphatic heterocycles. The summed E-state index contributed by atoms with van der Waals surface area (Å²) in [5.41, 5.74) is 7.68. The molecule has 2 heterocycles. The number of thiophene rings is 1. The number of methoxy groups -OCH3 is 1. The first-order valence-electron chi connectivity index (χ1n) is 11.5. The van der Waals surface area contributed by atoms with Crippen LogP contribution in [0.2, 0.25) is 0 Å². The van der Waals surface area contributed by atoms with Crippen LogP contribution in [0.25, 0.3) is 5.00 Å². The topological polar surface area (TPSA) is 81.9 Å². The number of benzene rings is 1. The monoisotopic (exact) mass is 605 g/mol. The summed E-state index contributed by atoms with van der Waals surface area (Å²) in [6.45, 7) is 6.18. The van der Waals surface area contributed by atoms with E-state index in [-0.39, 0.29) is 11.9 Å². The number of carbonyl (C=O) groups is 2. The summed E-state index contributed by atoms with van der Waals surface area (Å²) < 4.78 is 13.7. The van der Waals surface area contributed by atoms with Gasteiger partial charge in [-0.1, -0.05) is 0 Å². The van der Waals surface area contributed by atoms with Crippen LogP contribution in [0.15, 0.2) is 29.4 Å². The summed E-state index contributed by atoms with van der Waals surface area (Å²) in [5.74, 6) is 0.0620. The van der Waals surface area contributed by atoms with Gasteiger partial charge in [-0.15, -0.1) is 11.3 Å². The molecule has 0 spiro atoms. The van der Waals surface area contributed by atoms with Crippen molar-refractivity contribution in [3.05, 3.63) is 66.4 Å². The van der Waals surface area contributed by atoms with E-state index < -0.39 is 0 Å². The number of hydrogen-bond donors (Lipinski definition) is 1. The van der Waals surface area contributed by atoms with Crippen molar-refractivity contribution in [1.29, 1.82) is 0 Å². The molecule has 0 unspecified atom stereocenters. The minimum atomic E-state index is -0.319. The number of hydrogen-bond acceptors (Lipinski definition) is 6. The number of fused-ring (bicyclic) bond motifs is 1. The minimum Gasteiger partial charge on any atom is -0.496 e. The van der Waals surface area contributed by atoms with E-state index in [0.717, 1.165) is 56.8 Å². The Morgan fingerprint density at radius 2 is 2.00 bits per heavy atom. The third-order valence-electron chi connectivity index (χ3n) is 6.09. The molecule has 0 saturated carbocycles. The van der Waals surface area contributed by atoms with E-state index in [4.69, 9.17) is 9.47 Å². The van der Waals surface area contributed by atoms with Crippen LogP contribution in [0.3, 0.4) is 0 Å². The molecule has 1 amide bonds. The zero-order valence-electron chi connectivity index (χ0n) is 20.2. The number of carbonyl (C=O) groups excluding carboxylic acids is 2. The average molecular weight is 605 g/mol. The summed E-state index contributed by atoms with van der Waals surface area (Å²) in [6.07, 6.45) is 5.77. The van der Waals surface area contributed by atoms with Gasteiger partial charge in [0.05, 0.1) is 29.1 Å². The van der Waals surface area contributed by atoms with Gasteiger partial charge < -0.3 is 14.0 Å². The van der Waals surface area contributed by atoms with E-state index in [9.17, 15) is 9.59 Å². The number of aromatic nitrogens is 1. The fraction of sp³-hybridized carbons (Fsp3) is 0.346. The maximum absolute atomic E-state index is 12.9. The second-order valence-corrected chi connectivity index (χ2v) is 10.6. The van der Waals surface area contributed by atoms with Gasteiger partial charge in [0.1, 0.15) is 10.8 Å². The number of halogens is 1. The lowest BCUT2D eigenvalue weighted by atomic mass is 9.95. The van der Waals surface area contributed by atoms with Gasteiger partial charge in [-0.3, -0.25) is 4.79 Å². The van der Waals surface area contributed by atoms with Crippen LogP contribution in [0.4, 0.5) is 0 Å². The Balaban J connectivity index is 1.62. The van der Waals surface area contributed by atoms with Crippen LogP contribution in [-0.2, 0) is 17.6 Å². The molecule has 0 atom stereocenters. The number of rotatable bonds is 7. The molecule has 3 aromatic rings. The molecule has 35 heavy (non-hydrogen) atoms. The quantitative estimate of drug-likeness (QED) is 0.165. The van der Waals surface area contributed by atoms with Crippen molar-refractivity contribution in [2.75, 3.05) is 13.7 Å². The maximum atomic E-state index is 12.9. The lowest BCUT2D eigenvalue weighted by molar-refractivity contribution is 0.0525. The van der Waals surface area contributed by atoms with Crippen LogP contribution >= 0.6 is 33.9 Å². The number of nitrogens with one attached hydrogen (secondary N) is 1. The first-order valence-corrected chi connectivity index (χ1v) is 13.4. The van der Waals surface area contributed by atoms with Crippen molar-refractivity contribution in [2.24, 2.45) is 5.10 Å². The summed E-state index contributed by atoms with van der Waals surface area (Å²) in [7, 11) is 1.57.